The van der Waals surface area contributed by atoms with Crippen LogP contribution in [0.5, 0.6) is 0 Å². The van der Waals surface area contributed by atoms with E-state index in [-0.39, 0.29) is 0 Å². The highest BCUT2D eigenvalue weighted by Gasteiger charge is 2.41. The second-order valence-corrected chi connectivity index (χ2v) is 6.13. The quantitative estimate of drug-likeness (QED) is 0.871. The first kappa shape index (κ1) is 8.73. The maximum atomic E-state index is 5.72. The molecule has 1 fully saturated rings. The van der Waals surface area contributed by atoms with Crippen molar-refractivity contribution in [3.63, 3.8) is 0 Å². The van der Waals surface area contributed by atoms with Gasteiger partial charge in [-0.15, -0.1) is 11.3 Å². The van der Waals surface area contributed by atoms with Gasteiger partial charge in [0, 0.05) is 4.88 Å². The van der Waals surface area contributed by atoms with Crippen molar-refractivity contribution in [3.8, 4) is 0 Å². The van der Waals surface area contributed by atoms with Crippen LogP contribution in [0.4, 0.5) is 0 Å². The third kappa shape index (κ3) is 1.73. The zero-order valence-electron chi connectivity index (χ0n) is 6.85. The van der Waals surface area contributed by atoms with Gasteiger partial charge in [-0.2, -0.15) is 0 Å². The van der Waals surface area contributed by atoms with Crippen molar-refractivity contribution in [2.75, 3.05) is 6.54 Å². The average Bonchev–Trinajstić information content (AvgIpc) is 2.71. The Morgan fingerprint density at radius 3 is 2.67 bits per heavy atom. The Balaban J connectivity index is 2.04. The van der Waals surface area contributed by atoms with Gasteiger partial charge in [0.15, 0.2) is 0 Å². The van der Waals surface area contributed by atoms with Crippen LogP contribution in [-0.4, -0.2) is 6.54 Å². The lowest BCUT2D eigenvalue weighted by Crippen LogP contribution is -2.17. The SMILES string of the molecule is NCC1(Cc2ccc(Br)s2)CC1. The minimum atomic E-state index is 0.476. The molecule has 0 aromatic carbocycles. The molecule has 0 bridgehead atoms. The number of hydrogen-bond acceptors (Lipinski definition) is 2. The summed E-state index contributed by atoms with van der Waals surface area (Å²) in [6.07, 6.45) is 3.82. The molecule has 1 nitrogen and oxygen atoms in total. The van der Waals surface area contributed by atoms with Crippen LogP contribution in [0.3, 0.4) is 0 Å². The van der Waals surface area contributed by atoms with Crippen molar-refractivity contribution < 1.29 is 0 Å². The molecule has 0 amide bonds. The first-order valence-corrected chi connectivity index (χ1v) is 5.79. The molecule has 1 saturated carbocycles. The van der Waals surface area contributed by atoms with Gasteiger partial charge < -0.3 is 5.73 Å². The number of nitrogens with two attached hydrogens (primary N) is 1. The highest BCUT2D eigenvalue weighted by atomic mass is 79.9. The van der Waals surface area contributed by atoms with E-state index in [2.05, 4.69) is 28.1 Å². The number of halogens is 1. The fourth-order valence-corrected chi connectivity index (χ4v) is 3.10. The van der Waals surface area contributed by atoms with Crippen molar-refractivity contribution in [1.29, 1.82) is 0 Å². The van der Waals surface area contributed by atoms with E-state index in [1.807, 2.05) is 11.3 Å². The summed E-state index contributed by atoms with van der Waals surface area (Å²) >= 11 is 5.30. The second kappa shape index (κ2) is 3.13. The lowest BCUT2D eigenvalue weighted by atomic mass is 10.0. The highest BCUT2D eigenvalue weighted by molar-refractivity contribution is 9.11. The smallest absolute Gasteiger partial charge is 0.0701 e. The van der Waals surface area contributed by atoms with Gasteiger partial charge in [-0.05, 0) is 59.3 Å². The maximum Gasteiger partial charge on any atom is 0.0701 e. The van der Waals surface area contributed by atoms with E-state index in [1.54, 1.807) is 0 Å². The predicted molar refractivity (Wildman–Crippen MR) is 56.4 cm³/mol. The summed E-state index contributed by atoms with van der Waals surface area (Å²) in [6.45, 7) is 0.850. The minimum Gasteiger partial charge on any atom is -0.330 e. The van der Waals surface area contributed by atoms with Crippen molar-refractivity contribution in [2.24, 2.45) is 11.1 Å². The second-order valence-electron chi connectivity index (χ2n) is 3.59. The summed E-state index contributed by atoms with van der Waals surface area (Å²) in [5.41, 5.74) is 6.19. The van der Waals surface area contributed by atoms with Crippen LogP contribution in [0.2, 0.25) is 0 Å². The van der Waals surface area contributed by atoms with Crippen LogP contribution < -0.4 is 5.73 Å². The molecule has 66 valence electrons. The summed E-state index contributed by atoms with van der Waals surface area (Å²) in [5.74, 6) is 0. The summed E-state index contributed by atoms with van der Waals surface area (Å²) < 4.78 is 1.23. The van der Waals surface area contributed by atoms with Gasteiger partial charge in [0.25, 0.3) is 0 Å². The molecule has 1 heterocycles. The van der Waals surface area contributed by atoms with Gasteiger partial charge in [0.05, 0.1) is 3.79 Å². The van der Waals surface area contributed by atoms with Crippen LogP contribution in [0.1, 0.15) is 17.7 Å². The molecule has 3 heteroatoms. The lowest BCUT2D eigenvalue weighted by Gasteiger charge is -2.09. The standard InChI is InChI=1S/C9H12BrNS/c10-8-2-1-7(12-8)5-9(6-11)3-4-9/h1-2H,3-6,11H2. The van der Waals surface area contributed by atoms with Gasteiger partial charge in [0.1, 0.15) is 0 Å². The fourth-order valence-electron chi connectivity index (χ4n) is 1.45. The Kier molecular flexibility index (Phi) is 2.27. The van der Waals surface area contributed by atoms with Gasteiger partial charge >= 0.3 is 0 Å². The molecular weight excluding hydrogens is 234 g/mol. The Morgan fingerprint density at radius 2 is 2.25 bits per heavy atom. The minimum absolute atomic E-state index is 0.476. The third-order valence-electron chi connectivity index (χ3n) is 2.57. The Morgan fingerprint density at radius 1 is 1.50 bits per heavy atom. The van der Waals surface area contributed by atoms with E-state index in [0.717, 1.165) is 6.54 Å². The molecule has 1 aromatic heterocycles. The van der Waals surface area contributed by atoms with Gasteiger partial charge in [-0.3, -0.25) is 0 Å². The van der Waals surface area contributed by atoms with E-state index in [0.29, 0.717) is 5.41 Å². The first-order valence-electron chi connectivity index (χ1n) is 4.18. The van der Waals surface area contributed by atoms with Crippen LogP contribution in [0.25, 0.3) is 0 Å². The molecule has 2 N–H and O–H groups in total. The molecule has 2 rings (SSSR count). The number of rotatable bonds is 3. The molecule has 0 atom stereocenters. The molecular formula is C9H12BrNS. The average molecular weight is 246 g/mol. The summed E-state index contributed by atoms with van der Waals surface area (Å²) in [5, 5.41) is 0. The van der Waals surface area contributed by atoms with Crippen LogP contribution in [0, 0.1) is 5.41 Å². The number of thiophene rings is 1. The van der Waals surface area contributed by atoms with Gasteiger partial charge in [0.2, 0.25) is 0 Å². The normalized spacial score (nSPS) is 19.5. The number of hydrogen-bond donors (Lipinski definition) is 1. The Labute approximate surface area is 85.1 Å². The van der Waals surface area contributed by atoms with E-state index < -0.39 is 0 Å². The predicted octanol–water partition coefficient (Wildman–Crippen LogP) is 2.79. The maximum absolute atomic E-state index is 5.72. The summed E-state index contributed by atoms with van der Waals surface area (Å²) in [6, 6.07) is 4.32. The third-order valence-corrected chi connectivity index (χ3v) is 4.19. The van der Waals surface area contributed by atoms with Crippen LogP contribution >= 0.6 is 27.3 Å². The largest absolute Gasteiger partial charge is 0.330 e. The molecule has 1 aliphatic carbocycles. The van der Waals surface area contributed by atoms with Crippen molar-refractivity contribution in [1.82, 2.24) is 0 Å². The molecule has 0 unspecified atom stereocenters. The van der Waals surface area contributed by atoms with E-state index >= 15 is 0 Å². The van der Waals surface area contributed by atoms with Gasteiger partial charge in [-0.1, -0.05) is 0 Å². The molecule has 1 aliphatic rings. The van der Waals surface area contributed by atoms with E-state index in [1.165, 1.54) is 27.9 Å². The monoisotopic (exact) mass is 245 g/mol. The van der Waals surface area contributed by atoms with Crippen molar-refractivity contribution in [3.05, 3.63) is 20.8 Å². The molecule has 0 saturated heterocycles. The van der Waals surface area contributed by atoms with Crippen LogP contribution in [0.15, 0.2) is 15.9 Å². The van der Waals surface area contributed by atoms with E-state index in [4.69, 9.17) is 5.73 Å². The van der Waals surface area contributed by atoms with Gasteiger partial charge in [-0.25, -0.2) is 0 Å². The van der Waals surface area contributed by atoms with Crippen molar-refractivity contribution in [2.45, 2.75) is 19.3 Å². The van der Waals surface area contributed by atoms with Crippen LogP contribution in [-0.2, 0) is 6.42 Å². The molecule has 0 spiro atoms. The zero-order valence-corrected chi connectivity index (χ0v) is 9.25. The summed E-state index contributed by atoms with van der Waals surface area (Å²) in [4.78, 5) is 1.46. The Hall–Kier alpha value is 0.140. The highest BCUT2D eigenvalue weighted by Crippen LogP contribution is 2.48. The van der Waals surface area contributed by atoms with Crippen molar-refractivity contribution >= 4 is 27.3 Å². The Bertz CT molecular complexity index is 278. The fraction of sp³-hybridized carbons (Fsp3) is 0.556. The molecule has 0 radical (unpaired) electrons. The lowest BCUT2D eigenvalue weighted by molar-refractivity contribution is 0.525. The first-order chi connectivity index (χ1) is 5.74. The molecule has 1 aromatic rings. The molecule has 12 heavy (non-hydrogen) atoms. The molecule has 0 aliphatic heterocycles. The summed E-state index contributed by atoms with van der Waals surface area (Å²) in [7, 11) is 0. The topological polar surface area (TPSA) is 26.0 Å². The van der Waals surface area contributed by atoms with E-state index in [9.17, 15) is 0 Å². The zero-order chi connectivity index (χ0) is 8.60.